The van der Waals surface area contributed by atoms with Gasteiger partial charge in [-0.1, -0.05) is 40.2 Å². The van der Waals surface area contributed by atoms with Crippen LogP contribution < -0.4 is 0 Å². The van der Waals surface area contributed by atoms with Gasteiger partial charge >= 0.3 is 5.97 Å². The van der Waals surface area contributed by atoms with Crippen LogP contribution in [-0.4, -0.2) is 16.9 Å². The number of hydrogen-bond donors (Lipinski definition) is 1. The number of carboxylic acids is 1. The molecule has 0 aliphatic heterocycles. The highest BCUT2D eigenvalue weighted by molar-refractivity contribution is 9.10. The predicted molar refractivity (Wildman–Crippen MR) is 75.7 cm³/mol. The summed E-state index contributed by atoms with van der Waals surface area (Å²) < 4.78 is 0.631. The molecule has 0 aliphatic rings. The van der Waals surface area contributed by atoms with Gasteiger partial charge in [-0.25, -0.2) is 4.79 Å². The van der Waals surface area contributed by atoms with E-state index in [1.807, 2.05) is 19.1 Å². The number of carbonyl (C=O) groups is 2. The fraction of sp³-hybridized carbons (Fsp3) is 0.0667. The van der Waals surface area contributed by atoms with Gasteiger partial charge in [0.05, 0.1) is 5.56 Å². The first-order chi connectivity index (χ1) is 9.00. The zero-order valence-electron chi connectivity index (χ0n) is 10.2. The van der Waals surface area contributed by atoms with Crippen LogP contribution in [-0.2, 0) is 0 Å². The Morgan fingerprint density at radius 1 is 1.00 bits per heavy atom. The second kappa shape index (κ2) is 5.36. The van der Waals surface area contributed by atoms with E-state index in [4.69, 9.17) is 0 Å². The molecule has 0 radical (unpaired) electrons. The van der Waals surface area contributed by atoms with Gasteiger partial charge in [0.15, 0.2) is 5.78 Å². The molecule has 2 aromatic carbocycles. The molecule has 0 amide bonds. The lowest BCUT2D eigenvalue weighted by molar-refractivity contribution is 0.0692. The van der Waals surface area contributed by atoms with Crippen LogP contribution in [0.1, 0.15) is 31.8 Å². The Morgan fingerprint density at radius 2 is 1.68 bits per heavy atom. The van der Waals surface area contributed by atoms with Crippen molar-refractivity contribution in [3.05, 3.63) is 69.2 Å². The van der Waals surface area contributed by atoms with Crippen LogP contribution in [0.2, 0.25) is 0 Å². The van der Waals surface area contributed by atoms with Gasteiger partial charge in [0, 0.05) is 15.6 Å². The molecule has 0 aromatic heterocycles. The standard InChI is InChI=1S/C15H11BrO3/c1-9-4-2-3-5-11(9)14(17)12-7-6-10(16)8-13(12)15(18)19/h2-8H,1H3,(H,18,19). The lowest BCUT2D eigenvalue weighted by Gasteiger charge is -2.08. The van der Waals surface area contributed by atoms with Crippen molar-refractivity contribution in [1.82, 2.24) is 0 Å². The van der Waals surface area contributed by atoms with Crippen LogP contribution in [0.25, 0.3) is 0 Å². The molecule has 0 bridgehead atoms. The number of ketones is 1. The van der Waals surface area contributed by atoms with Crippen LogP contribution >= 0.6 is 15.9 Å². The molecule has 3 nitrogen and oxygen atoms in total. The molecule has 19 heavy (non-hydrogen) atoms. The Hall–Kier alpha value is -1.94. The van der Waals surface area contributed by atoms with Crippen molar-refractivity contribution in [3.8, 4) is 0 Å². The van der Waals surface area contributed by atoms with Crippen LogP contribution in [0.4, 0.5) is 0 Å². The monoisotopic (exact) mass is 318 g/mol. The predicted octanol–water partition coefficient (Wildman–Crippen LogP) is 3.69. The molecule has 0 saturated carbocycles. The summed E-state index contributed by atoms with van der Waals surface area (Å²) in [7, 11) is 0. The third-order valence-electron chi connectivity index (χ3n) is 2.85. The van der Waals surface area contributed by atoms with Crippen LogP contribution in [0.3, 0.4) is 0 Å². The van der Waals surface area contributed by atoms with Gasteiger partial charge in [-0.05, 0) is 30.7 Å². The van der Waals surface area contributed by atoms with E-state index in [0.29, 0.717) is 10.0 Å². The molecule has 0 saturated heterocycles. The number of carboxylic acid groups (broad SMARTS) is 1. The normalized spacial score (nSPS) is 10.2. The number of aromatic carboxylic acids is 1. The minimum absolute atomic E-state index is 0.00243. The maximum absolute atomic E-state index is 12.4. The number of rotatable bonds is 3. The average molecular weight is 319 g/mol. The first-order valence-electron chi connectivity index (χ1n) is 5.64. The molecular weight excluding hydrogens is 308 g/mol. The molecular formula is C15H11BrO3. The third-order valence-corrected chi connectivity index (χ3v) is 3.34. The molecule has 0 atom stereocenters. The molecule has 0 fully saturated rings. The van der Waals surface area contributed by atoms with E-state index in [9.17, 15) is 14.7 Å². The smallest absolute Gasteiger partial charge is 0.336 e. The summed E-state index contributed by atoms with van der Waals surface area (Å²) in [6.45, 7) is 1.83. The van der Waals surface area contributed by atoms with Gasteiger partial charge < -0.3 is 5.11 Å². The molecule has 0 unspecified atom stereocenters. The summed E-state index contributed by atoms with van der Waals surface area (Å²) in [4.78, 5) is 23.6. The fourth-order valence-corrected chi connectivity index (χ4v) is 2.23. The van der Waals surface area contributed by atoms with E-state index in [-0.39, 0.29) is 16.9 Å². The summed E-state index contributed by atoms with van der Waals surface area (Å²) in [6.07, 6.45) is 0. The molecule has 0 spiro atoms. The minimum atomic E-state index is -1.11. The van der Waals surface area contributed by atoms with Crippen molar-refractivity contribution in [1.29, 1.82) is 0 Å². The molecule has 1 N–H and O–H groups in total. The van der Waals surface area contributed by atoms with Crippen molar-refractivity contribution < 1.29 is 14.7 Å². The Bertz CT molecular complexity index is 662. The number of benzene rings is 2. The summed E-state index contributed by atoms with van der Waals surface area (Å²) in [5, 5.41) is 9.18. The molecule has 2 aromatic rings. The van der Waals surface area contributed by atoms with E-state index >= 15 is 0 Å². The van der Waals surface area contributed by atoms with E-state index in [1.54, 1.807) is 18.2 Å². The second-order valence-electron chi connectivity index (χ2n) is 4.14. The van der Waals surface area contributed by atoms with Crippen LogP contribution in [0.15, 0.2) is 46.9 Å². The minimum Gasteiger partial charge on any atom is -0.478 e. The fourth-order valence-electron chi connectivity index (χ4n) is 1.86. The number of carbonyl (C=O) groups excluding carboxylic acids is 1. The Balaban J connectivity index is 2.57. The molecule has 2 rings (SSSR count). The van der Waals surface area contributed by atoms with E-state index < -0.39 is 5.97 Å². The summed E-state index contributed by atoms with van der Waals surface area (Å²) >= 11 is 3.21. The quantitative estimate of drug-likeness (QED) is 0.878. The van der Waals surface area contributed by atoms with Gasteiger partial charge in [-0.15, -0.1) is 0 Å². The zero-order chi connectivity index (χ0) is 14.0. The van der Waals surface area contributed by atoms with Crippen molar-refractivity contribution in [2.75, 3.05) is 0 Å². The lowest BCUT2D eigenvalue weighted by Crippen LogP contribution is -2.10. The van der Waals surface area contributed by atoms with E-state index in [0.717, 1.165) is 5.56 Å². The van der Waals surface area contributed by atoms with E-state index in [1.165, 1.54) is 12.1 Å². The van der Waals surface area contributed by atoms with Gasteiger partial charge in [0.25, 0.3) is 0 Å². The maximum atomic E-state index is 12.4. The molecule has 0 aliphatic carbocycles. The van der Waals surface area contributed by atoms with Gasteiger partial charge in [-0.3, -0.25) is 4.79 Å². The van der Waals surface area contributed by atoms with Crippen molar-refractivity contribution in [2.24, 2.45) is 0 Å². The zero-order valence-corrected chi connectivity index (χ0v) is 11.8. The SMILES string of the molecule is Cc1ccccc1C(=O)c1ccc(Br)cc1C(=O)O. The molecule has 4 heteroatoms. The van der Waals surface area contributed by atoms with Gasteiger partial charge in [0.1, 0.15) is 0 Å². The second-order valence-corrected chi connectivity index (χ2v) is 5.05. The van der Waals surface area contributed by atoms with Gasteiger partial charge in [0.2, 0.25) is 0 Å². The van der Waals surface area contributed by atoms with Crippen LogP contribution in [0, 0.1) is 6.92 Å². The maximum Gasteiger partial charge on any atom is 0.336 e. The molecule has 0 heterocycles. The Kier molecular flexibility index (Phi) is 3.81. The van der Waals surface area contributed by atoms with Crippen molar-refractivity contribution >= 4 is 27.7 Å². The molecule has 96 valence electrons. The summed E-state index contributed by atoms with van der Waals surface area (Å²) in [6, 6.07) is 11.8. The Labute approximate surface area is 119 Å². The lowest BCUT2D eigenvalue weighted by atomic mass is 9.96. The number of hydrogen-bond acceptors (Lipinski definition) is 2. The summed E-state index contributed by atoms with van der Waals surface area (Å²) in [5.74, 6) is -1.39. The Morgan fingerprint density at radius 3 is 2.32 bits per heavy atom. The first kappa shape index (κ1) is 13.5. The largest absolute Gasteiger partial charge is 0.478 e. The van der Waals surface area contributed by atoms with E-state index in [2.05, 4.69) is 15.9 Å². The highest BCUT2D eigenvalue weighted by atomic mass is 79.9. The average Bonchev–Trinajstić information content (AvgIpc) is 2.38. The van der Waals surface area contributed by atoms with Crippen molar-refractivity contribution in [3.63, 3.8) is 0 Å². The van der Waals surface area contributed by atoms with Crippen LogP contribution in [0.5, 0.6) is 0 Å². The third kappa shape index (κ3) is 2.74. The van der Waals surface area contributed by atoms with Gasteiger partial charge in [-0.2, -0.15) is 0 Å². The topological polar surface area (TPSA) is 54.4 Å². The highest BCUT2D eigenvalue weighted by Crippen LogP contribution is 2.21. The highest BCUT2D eigenvalue weighted by Gasteiger charge is 2.19. The van der Waals surface area contributed by atoms with Crippen molar-refractivity contribution in [2.45, 2.75) is 6.92 Å². The first-order valence-corrected chi connectivity index (χ1v) is 6.43. The summed E-state index contributed by atoms with van der Waals surface area (Å²) in [5.41, 5.74) is 1.55. The number of halogens is 1. The number of aryl methyl sites for hydroxylation is 1.